The van der Waals surface area contributed by atoms with E-state index in [9.17, 15) is 9.18 Å². The number of nitrogens with one attached hydrogen (secondary N) is 2. The van der Waals surface area contributed by atoms with Crippen LogP contribution in [0.25, 0.3) is 0 Å². The molecule has 3 nitrogen and oxygen atoms in total. The quantitative estimate of drug-likeness (QED) is 0.835. The molecule has 0 spiro atoms. The highest BCUT2D eigenvalue weighted by atomic mass is 35.5. The predicted molar refractivity (Wildman–Crippen MR) is 89.9 cm³/mol. The third-order valence-electron chi connectivity index (χ3n) is 3.61. The number of hydrogen-bond acceptors (Lipinski definition) is 1. The first kappa shape index (κ1) is 17.4. The van der Waals surface area contributed by atoms with Gasteiger partial charge in [-0.25, -0.2) is 4.39 Å². The maximum absolute atomic E-state index is 12.9. The van der Waals surface area contributed by atoms with E-state index < -0.39 is 0 Å². The summed E-state index contributed by atoms with van der Waals surface area (Å²) < 4.78 is 12.9. The zero-order chi connectivity index (χ0) is 16.8. The fourth-order valence-electron chi connectivity index (χ4n) is 2.44. The van der Waals surface area contributed by atoms with E-state index in [0.717, 1.165) is 16.0 Å². The normalized spacial score (nSPS) is 13.4. The van der Waals surface area contributed by atoms with Gasteiger partial charge in [0.05, 0.1) is 13.1 Å². The van der Waals surface area contributed by atoms with Crippen LogP contribution in [0.3, 0.4) is 0 Å². The number of benzene rings is 2. The first-order valence-corrected chi connectivity index (χ1v) is 7.92. The van der Waals surface area contributed by atoms with Crippen molar-refractivity contribution in [3.8, 4) is 0 Å². The third kappa shape index (κ3) is 5.66. The van der Waals surface area contributed by atoms with Crippen LogP contribution >= 0.6 is 11.6 Å². The van der Waals surface area contributed by atoms with Crippen LogP contribution in [0.5, 0.6) is 0 Å². The van der Waals surface area contributed by atoms with Crippen molar-refractivity contribution < 1.29 is 14.1 Å². The van der Waals surface area contributed by atoms with Gasteiger partial charge in [-0.1, -0.05) is 35.9 Å². The minimum Gasteiger partial charge on any atom is -0.345 e. The van der Waals surface area contributed by atoms with Crippen molar-refractivity contribution in [3.05, 3.63) is 70.5 Å². The molecule has 5 heteroatoms. The Labute approximate surface area is 141 Å². The lowest BCUT2D eigenvalue weighted by molar-refractivity contribution is -0.885. The fourth-order valence-corrected chi connectivity index (χ4v) is 2.64. The summed E-state index contributed by atoms with van der Waals surface area (Å²) in [7, 11) is 1.94. The molecule has 0 radical (unpaired) electrons. The van der Waals surface area contributed by atoms with E-state index in [4.69, 9.17) is 11.6 Å². The van der Waals surface area contributed by atoms with Gasteiger partial charge in [-0.05, 0) is 36.8 Å². The molecule has 23 heavy (non-hydrogen) atoms. The lowest BCUT2D eigenvalue weighted by Gasteiger charge is -2.17. The van der Waals surface area contributed by atoms with E-state index in [0.29, 0.717) is 18.1 Å². The molecule has 0 saturated carbocycles. The van der Waals surface area contributed by atoms with Gasteiger partial charge in [-0.15, -0.1) is 0 Å². The van der Waals surface area contributed by atoms with E-state index in [1.165, 1.54) is 12.1 Å². The lowest BCUT2D eigenvalue weighted by Crippen LogP contribution is -3.08. The predicted octanol–water partition coefficient (Wildman–Crippen LogP) is 2.37. The second-order valence-electron chi connectivity index (χ2n) is 5.78. The van der Waals surface area contributed by atoms with Crippen LogP contribution in [-0.2, 0) is 11.3 Å². The Morgan fingerprint density at radius 2 is 1.96 bits per heavy atom. The first-order chi connectivity index (χ1) is 10.9. The van der Waals surface area contributed by atoms with E-state index in [1.54, 1.807) is 18.2 Å². The van der Waals surface area contributed by atoms with Crippen molar-refractivity contribution in [3.63, 3.8) is 0 Å². The van der Waals surface area contributed by atoms with Gasteiger partial charge in [-0.3, -0.25) is 4.79 Å². The highest BCUT2D eigenvalue weighted by Gasteiger charge is 2.14. The molecule has 2 atom stereocenters. The maximum atomic E-state index is 12.9. The van der Waals surface area contributed by atoms with Crippen molar-refractivity contribution in [2.75, 3.05) is 13.6 Å². The summed E-state index contributed by atoms with van der Waals surface area (Å²) in [4.78, 5) is 13.2. The summed E-state index contributed by atoms with van der Waals surface area (Å²) in [5.74, 6) is -0.281. The molecule has 2 N–H and O–H groups in total. The largest absolute Gasteiger partial charge is 0.345 e. The first-order valence-electron chi connectivity index (χ1n) is 7.54. The molecule has 0 fully saturated rings. The number of halogens is 2. The number of rotatable bonds is 6. The van der Waals surface area contributed by atoms with Gasteiger partial charge in [0.1, 0.15) is 12.4 Å². The molecule has 1 amide bonds. The van der Waals surface area contributed by atoms with Crippen LogP contribution in [0.15, 0.2) is 48.5 Å². The molecule has 2 aromatic carbocycles. The van der Waals surface area contributed by atoms with Gasteiger partial charge in [0.15, 0.2) is 6.54 Å². The lowest BCUT2D eigenvalue weighted by atomic mass is 10.1. The number of hydrogen-bond donors (Lipinski definition) is 2. The maximum Gasteiger partial charge on any atom is 0.275 e. The van der Waals surface area contributed by atoms with Crippen LogP contribution in [0.2, 0.25) is 5.02 Å². The van der Waals surface area contributed by atoms with Crippen LogP contribution in [0.1, 0.15) is 24.1 Å². The molecule has 1 unspecified atom stereocenters. The van der Waals surface area contributed by atoms with Crippen molar-refractivity contribution in [1.82, 2.24) is 5.32 Å². The number of amides is 1. The summed E-state index contributed by atoms with van der Waals surface area (Å²) in [5, 5.41) is 3.63. The van der Waals surface area contributed by atoms with Gasteiger partial charge >= 0.3 is 0 Å². The summed E-state index contributed by atoms with van der Waals surface area (Å²) in [6, 6.07) is 13.7. The molecule has 2 aromatic rings. The van der Waals surface area contributed by atoms with Crippen molar-refractivity contribution in [1.29, 1.82) is 0 Å². The molecule has 0 heterocycles. The Hall–Kier alpha value is -1.91. The summed E-state index contributed by atoms with van der Waals surface area (Å²) in [5.41, 5.74) is 1.97. The van der Waals surface area contributed by atoms with Gasteiger partial charge < -0.3 is 10.2 Å². The smallest absolute Gasteiger partial charge is 0.275 e. The Morgan fingerprint density at radius 3 is 2.61 bits per heavy atom. The summed E-state index contributed by atoms with van der Waals surface area (Å²) in [6.07, 6.45) is 0. The Bertz CT molecular complexity index is 660. The molecule has 2 rings (SSSR count). The summed E-state index contributed by atoms with van der Waals surface area (Å²) in [6.45, 7) is 2.94. The van der Waals surface area contributed by atoms with Gasteiger partial charge in [0, 0.05) is 10.6 Å². The van der Waals surface area contributed by atoms with Crippen molar-refractivity contribution in [2.45, 2.75) is 19.5 Å². The average molecular weight is 336 g/mol. The van der Waals surface area contributed by atoms with E-state index >= 15 is 0 Å². The number of carbonyl (C=O) groups excluding carboxylic acids is 1. The average Bonchev–Trinajstić information content (AvgIpc) is 2.49. The molecule has 0 aromatic heterocycles. The van der Waals surface area contributed by atoms with Gasteiger partial charge in [0.25, 0.3) is 5.91 Å². The fraction of sp³-hybridized carbons (Fsp3) is 0.278. The minimum absolute atomic E-state index is 0.0305. The number of quaternary nitrogens is 1. The van der Waals surface area contributed by atoms with E-state index in [2.05, 4.69) is 5.32 Å². The number of likely N-dealkylation sites (N-methyl/N-ethyl adjacent to an activating group) is 1. The minimum atomic E-state index is -0.250. The molecular weight excluding hydrogens is 315 g/mol. The highest BCUT2D eigenvalue weighted by Crippen LogP contribution is 2.16. The van der Waals surface area contributed by atoms with E-state index in [-0.39, 0.29) is 17.8 Å². The second-order valence-corrected chi connectivity index (χ2v) is 6.22. The molecule has 0 aliphatic heterocycles. The SMILES string of the molecule is C[C@H](NC(=O)C[NH+](C)Cc1ccc(F)cc1)c1cccc(Cl)c1. The Kier molecular flexibility index (Phi) is 6.13. The van der Waals surface area contributed by atoms with Crippen molar-refractivity contribution >= 4 is 17.5 Å². The molecule has 0 bridgehead atoms. The van der Waals surface area contributed by atoms with Crippen LogP contribution < -0.4 is 10.2 Å². The molecular formula is C18H21ClFN2O+. The zero-order valence-corrected chi connectivity index (χ0v) is 14.0. The van der Waals surface area contributed by atoms with Crippen LogP contribution in [-0.4, -0.2) is 19.5 Å². The molecule has 0 saturated heterocycles. The van der Waals surface area contributed by atoms with Crippen LogP contribution in [0, 0.1) is 5.82 Å². The van der Waals surface area contributed by atoms with Crippen LogP contribution in [0.4, 0.5) is 4.39 Å². The van der Waals surface area contributed by atoms with E-state index in [1.807, 2.05) is 32.2 Å². The summed E-state index contributed by atoms with van der Waals surface area (Å²) >= 11 is 5.97. The molecule has 122 valence electrons. The second kappa shape index (κ2) is 8.09. The zero-order valence-electron chi connectivity index (χ0n) is 13.3. The van der Waals surface area contributed by atoms with Gasteiger partial charge in [-0.2, -0.15) is 0 Å². The third-order valence-corrected chi connectivity index (χ3v) is 3.84. The monoisotopic (exact) mass is 335 g/mol. The van der Waals surface area contributed by atoms with Gasteiger partial charge in [0.2, 0.25) is 0 Å². The topological polar surface area (TPSA) is 33.5 Å². The molecule has 0 aliphatic carbocycles. The Balaban J connectivity index is 1.85. The highest BCUT2D eigenvalue weighted by molar-refractivity contribution is 6.30. The molecule has 0 aliphatic rings. The Morgan fingerprint density at radius 1 is 1.26 bits per heavy atom. The number of carbonyl (C=O) groups is 1. The van der Waals surface area contributed by atoms with Crippen molar-refractivity contribution in [2.24, 2.45) is 0 Å². The standard InChI is InChI=1S/C18H20ClFN2O/c1-13(15-4-3-5-16(19)10-15)21-18(23)12-22(2)11-14-6-8-17(20)9-7-14/h3-10,13H,11-12H2,1-2H3,(H,21,23)/p+1/t13-/m0/s1.